The van der Waals surface area contributed by atoms with E-state index in [1.165, 1.54) is 71.5 Å². The number of fused-ring (bicyclic) bond motifs is 7. The molecule has 0 radical (unpaired) electrons. The first-order valence-electron chi connectivity index (χ1n) is 22.9. The Morgan fingerprint density at radius 3 is 1.42 bits per heavy atom. The van der Waals surface area contributed by atoms with Crippen molar-refractivity contribution >= 4 is 71.6 Å². The Labute approximate surface area is 388 Å². The van der Waals surface area contributed by atoms with Crippen LogP contribution in [0.3, 0.4) is 0 Å². The molecule has 2 heterocycles. The molecule has 0 bridgehead atoms. The molecular weight excluding hydrogens is 813 g/mol. The molecule has 13 aromatic rings. The highest BCUT2D eigenvalue weighted by Gasteiger charge is 2.17. The summed E-state index contributed by atoms with van der Waals surface area (Å²) in [6.45, 7) is 0. The Kier molecular flexibility index (Phi) is 9.17. The third kappa shape index (κ3) is 6.76. The molecule has 0 saturated heterocycles. The average Bonchev–Trinajstić information content (AvgIpc) is 3.96. The number of rotatable bonds is 8. The minimum atomic E-state index is 0.910. The van der Waals surface area contributed by atoms with E-state index in [4.69, 9.17) is 4.42 Å². The van der Waals surface area contributed by atoms with Gasteiger partial charge in [0.05, 0.1) is 11.0 Å². The van der Waals surface area contributed by atoms with Crippen LogP contribution in [0.4, 0.5) is 17.1 Å². The lowest BCUT2D eigenvalue weighted by Crippen LogP contribution is -2.09. The molecule has 2 aromatic heterocycles. The van der Waals surface area contributed by atoms with Crippen LogP contribution in [0.1, 0.15) is 0 Å². The molecule has 0 aliphatic carbocycles. The highest BCUT2D eigenvalue weighted by atomic mass is 16.3. The molecule has 0 N–H and O–H groups in total. The zero-order valence-corrected chi connectivity index (χ0v) is 36.6. The number of anilines is 3. The summed E-state index contributed by atoms with van der Waals surface area (Å²) in [7, 11) is 0. The molecule has 0 saturated carbocycles. The first-order valence-corrected chi connectivity index (χ1v) is 22.9. The van der Waals surface area contributed by atoms with Crippen molar-refractivity contribution in [1.29, 1.82) is 0 Å². The van der Waals surface area contributed by atoms with Gasteiger partial charge in [-0.2, -0.15) is 0 Å². The Morgan fingerprint density at radius 2 is 0.776 bits per heavy atom. The number of furan rings is 1. The minimum Gasteiger partial charge on any atom is -0.456 e. The van der Waals surface area contributed by atoms with Gasteiger partial charge in [0.15, 0.2) is 0 Å². The van der Waals surface area contributed by atoms with E-state index in [-0.39, 0.29) is 0 Å². The van der Waals surface area contributed by atoms with Gasteiger partial charge in [-0.25, -0.2) is 0 Å². The topological polar surface area (TPSA) is 21.3 Å². The number of para-hydroxylation sites is 3. The quantitative estimate of drug-likeness (QED) is 0.152. The molecule has 13 rings (SSSR count). The molecule has 0 spiro atoms. The van der Waals surface area contributed by atoms with Crippen LogP contribution in [0.15, 0.2) is 259 Å². The first-order chi connectivity index (χ1) is 33.2. The van der Waals surface area contributed by atoms with Gasteiger partial charge < -0.3 is 13.9 Å². The van der Waals surface area contributed by atoms with Gasteiger partial charge >= 0.3 is 0 Å². The highest BCUT2D eigenvalue weighted by molar-refractivity contribution is 6.12. The van der Waals surface area contributed by atoms with Crippen LogP contribution < -0.4 is 4.90 Å². The Morgan fingerprint density at radius 1 is 0.299 bits per heavy atom. The third-order valence-corrected chi connectivity index (χ3v) is 13.4. The normalized spacial score (nSPS) is 11.6. The number of aromatic nitrogens is 1. The van der Waals surface area contributed by atoms with Crippen molar-refractivity contribution in [3.63, 3.8) is 0 Å². The smallest absolute Gasteiger partial charge is 0.136 e. The van der Waals surface area contributed by atoms with Gasteiger partial charge in [-0.15, -0.1) is 0 Å². The van der Waals surface area contributed by atoms with Crippen molar-refractivity contribution in [1.82, 2.24) is 4.57 Å². The lowest BCUT2D eigenvalue weighted by atomic mass is 9.97. The summed E-state index contributed by atoms with van der Waals surface area (Å²) in [5.41, 5.74) is 18.1. The molecule has 0 aliphatic rings. The molecule has 0 amide bonds. The van der Waals surface area contributed by atoms with Crippen molar-refractivity contribution < 1.29 is 4.42 Å². The van der Waals surface area contributed by atoms with Crippen molar-refractivity contribution in [2.45, 2.75) is 0 Å². The molecule has 314 valence electrons. The fourth-order valence-corrected chi connectivity index (χ4v) is 10.1. The molecule has 0 fully saturated rings. The van der Waals surface area contributed by atoms with Crippen molar-refractivity contribution in [2.24, 2.45) is 0 Å². The van der Waals surface area contributed by atoms with Gasteiger partial charge in [0.2, 0.25) is 0 Å². The molecular formula is C64H42N2O. The van der Waals surface area contributed by atoms with Crippen LogP contribution in [-0.2, 0) is 0 Å². The minimum absolute atomic E-state index is 0.910. The fraction of sp³-hybridized carbons (Fsp3) is 0. The van der Waals surface area contributed by atoms with Gasteiger partial charge in [0.25, 0.3) is 0 Å². The Bertz CT molecular complexity index is 3900. The van der Waals surface area contributed by atoms with E-state index < -0.39 is 0 Å². The van der Waals surface area contributed by atoms with E-state index in [0.717, 1.165) is 50.3 Å². The van der Waals surface area contributed by atoms with E-state index in [0.29, 0.717) is 0 Å². The van der Waals surface area contributed by atoms with Gasteiger partial charge in [-0.1, -0.05) is 182 Å². The van der Waals surface area contributed by atoms with Crippen LogP contribution in [0, 0.1) is 0 Å². The number of hydrogen-bond acceptors (Lipinski definition) is 2. The van der Waals surface area contributed by atoms with E-state index in [1.54, 1.807) is 0 Å². The molecule has 3 heteroatoms. The summed E-state index contributed by atoms with van der Waals surface area (Å²) < 4.78 is 8.57. The maximum atomic E-state index is 6.19. The second-order valence-corrected chi connectivity index (χ2v) is 17.3. The van der Waals surface area contributed by atoms with Crippen LogP contribution in [0.5, 0.6) is 0 Å². The van der Waals surface area contributed by atoms with Gasteiger partial charge in [-0.05, 0) is 128 Å². The summed E-state index contributed by atoms with van der Waals surface area (Å²) in [6.07, 6.45) is 0. The number of hydrogen-bond donors (Lipinski definition) is 0. The van der Waals surface area contributed by atoms with E-state index >= 15 is 0 Å². The summed E-state index contributed by atoms with van der Waals surface area (Å²) in [5, 5.41) is 7.26. The molecule has 0 unspecified atom stereocenters. The van der Waals surface area contributed by atoms with Crippen LogP contribution >= 0.6 is 0 Å². The standard InChI is InChI=1S/C64H42N2O/c1-2-12-50-42-55(40-35-43(50)11-1)65(53-38-33-47(34-39-53)45-27-29-49(30-28-45)56-18-10-22-63-64(56)59-17-5-8-21-62(59)67-63)52-36-31-46(32-37-52)44-23-25-48(26-24-44)51-13-9-14-54(41-51)66-60-19-6-3-15-57(60)58-16-4-7-20-61(58)66/h1-42H. The first kappa shape index (κ1) is 38.5. The number of nitrogens with zero attached hydrogens (tertiary/aromatic N) is 2. The van der Waals surface area contributed by atoms with E-state index in [9.17, 15) is 0 Å². The third-order valence-electron chi connectivity index (χ3n) is 13.4. The highest BCUT2D eigenvalue weighted by Crippen LogP contribution is 2.41. The molecule has 0 aliphatic heterocycles. The number of benzene rings is 11. The van der Waals surface area contributed by atoms with Gasteiger partial charge in [0.1, 0.15) is 11.2 Å². The van der Waals surface area contributed by atoms with Gasteiger partial charge in [0, 0.05) is 44.3 Å². The largest absolute Gasteiger partial charge is 0.456 e. The van der Waals surface area contributed by atoms with Crippen LogP contribution in [0.2, 0.25) is 0 Å². The maximum Gasteiger partial charge on any atom is 0.136 e. The monoisotopic (exact) mass is 854 g/mol. The lowest BCUT2D eigenvalue weighted by molar-refractivity contribution is 0.669. The molecule has 0 atom stereocenters. The zero-order valence-electron chi connectivity index (χ0n) is 36.6. The maximum absolute atomic E-state index is 6.19. The van der Waals surface area contributed by atoms with Crippen LogP contribution in [-0.4, -0.2) is 4.57 Å². The lowest BCUT2D eigenvalue weighted by Gasteiger charge is -2.26. The summed E-state index contributed by atoms with van der Waals surface area (Å²) in [6, 6.07) is 91.9. The zero-order chi connectivity index (χ0) is 44.3. The fourth-order valence-electron chi connectivity index (χ4n) is 10.1. The predicted molar refractivity (Wildman–Crippen MR) is 282 cm³/mol. The SMILES string of the molecule is c1cc(-c2ccc(-c3ccc(N(c4ccc(-c5ccc(-c6cccc7oc8ccccc8c67)cc5)cc4)c4ccc5ccccc5c4)cc3)cc2)cc(-n2c3ccccc3c3ccccc32)c1. The second kappa shape index (κ2) is 16.0. The van der Waals surface area contributed by atoms with E-state index in [2.05, 4.69) is 252 Å². The predicted octanol–water partition coefficient (Wildman–Crippen LogP) is 18.0. The summed E-state index contributed by atoms with van der Waals surface area (Å²) >= 11 is 0. The van der Waals surface area contributed by atoms with Gasteiger partial charge in [-0.3, -0.25) is 0 Å². The molecule has 3 nitrogen and oxygen atoms in total. The summed E-state index contributed by atoms with van der Waals surface area (Å²) in [4.78, 5) is 2.35. The van der Waals surface area contributed by atoms with Crippen molar-refractivity contribution in [3.05, 3.63) is 255 Å². The van der Waals surface area contributed by atoms with E-state index in [1.807, 2.05) is 12.1 Å². The molecule has 67 heavy (non-hydrogen) atoms. The summed E-state index contributed by atoms with van der Waals surface area (Å²) in [5.74, 6) is 0. The van der Waals surface area contributed by atoms with Crippen molar-refractivity contribution in [2.75, 3.05) is 4.90 Å². The average molecular weight is 855 g/mol. The molecule has 11 aromatic carbocycles. The Hall–Kier alpha value is -8.92. The van der Waals surface area contributed by atoms with Crippen molar-refractivity contribution in [3.8, 4) is 50.2 Å². The Balaban J connectivity index is 0.795. The van der Waals surface area contributed by atoms with Crippen LogP contribution in [0.25, 0.3) is 105 Å². The second-order valence-electron chi connectivity index (χ2n) is 17.3.